The van der Waals surface area contributed by atoms with Gasteiger partial charge in [0.1, 0.15) is 11.5 Å². The molecule has 8 heteroatoms. The van der Waals surface area contributed by atoms with Gasteiger partial charge in [-0.1, -0.05) is 36.4 Å². The van der Waals surface area contributed by atoms with Crippen molar-refractivity contribution < 1.29 is 32.5 Å². The van der Waals surface area contributed by atoms with Crippen LogP contribution < -0.4 is 9.47 Å². The number of hydrogen-bond donors (Lipinski definition) is 1. The molecular weight excluding hydrogens is 441 g/mol. The lowest BCUT2D eigenvalue weighted by Crippen LogP contribution is -2.10. The fourth-order valence-corrected chi connectivity index (χ4v) is 4.24. The molecule has 0 bridgehead atoms. The monoisotopic (exact) mass is 462 g/mol. The van der Waals surface area contributed by atoms with Gasteiger partial charge in [-0.15, -0.1) is 11.8 Å². The molecule has 0 saturated heterocycles. The van der Waals surface area contributed by atoms with Crippen LogP contribution in [0.1, 0.15) is 16.7 Å². The highest BCUT2D eigenvalue weighted by atomic mass is 32.2. The minimum absolute atomic E-state index is 0.429. The summed E-state index contributed by atoms with van der Waals surface area (Å²) in [5.74, 6) is 0.468. The average Bonchev–Trinajstić information content (AvgIpc) is 2.76. The number of aliphatic carboxylic acids is 1. The normalized spacial score (nSPS) is 11.3. The summed E-state index contributed by atoms with van der Waals surface area (Å²) in [7, 11) is 1.52. The van der Waals surface area contributed by atoms with Gasteiger partial charge in [0.05, 0.1) is 17.6 Å². The topological polar surface area (TPSA) is 55.8 Å². The van der Waals surface area contributed by atoms with Crippen LogP contribution in [0.2, 0.25) is 0 Å². The molecule has 0 saturated carbocycles. The van der Waals surface area contributed by atoms with Gasteiger partial charge in [0.15, 0.2) is 6.61 Å². The van der Waals surface area contributed by atoms with Gasteiger partial charge in [-0.25, -0.2) is 4.79 Å². The van der Waals surface area contributed by atoms with Crippen LogP contribution in [0.5, 0.6) is 11.5 Å². The number of rotatable bonds is 8. The van der Waals surface area contributed by atoms with E-state index in [0.29, 0.717) is 22.8 Å². The maximum Gasteiger partial charge on any atom is 0.416 e. The molecule has 0 aliphatic heterocycles. The van der Waals surface area contributed by atoms with Gasteiger partial charge in [0, 0.05) is 11.8 Å². The third-order valence-electron chi connectivity index (χ3n) is 4.74. The Hall–Kier alpha value is -3.13. The number of carboxylic acids is 1. The zero-order valence-electron chi connectivity index (χ0n) is 17.4. The highest BCUT2D eigenvalue weighted by Gasteiger charge is 2.30. The summed E-state index contributed by atoms with van der Waals surface area (Å²) in [5.41, 5.74) is 2.60. The fourth-order valence-electron chi connectivity index (χ4n) is 3.13. The van der Waals surface area contributed by atoms with Crippen LogP contribution in [-0.2, 0) is 16.7 Å². The van der Waals surface area contributed by atoms with E-state index in [2.05, 4.69) is 0 Å². The molecule has 0 aliphatic rings. The number of benzene rings is 3. The van der Waals surface area contributed by atoms with Crippen molar-refractivity contribution in [3.05, 3.63) is 77.4 Å². The molecule has 0 radical (unpaired) electrons. The first-order chi connectivity index (χ1) is 15.2. The number of methoxy groups -OCH3 is 1. The molecule has 0 aromatic heterocycles. The highest BCUT2D eigenvalue weighted by molar-refractivity contribution is 7.98. The van der Waals surface area contributed by atoms with E-state index < -0.39 is 24.3 Å². The van der Waals surface area contributed by atoms with E-state index in [1.54, 1.807) is 6.07 Å². The Morgan fingerprint density at radius 3 is 2.34 bits per heavy atom. The van der Waals surface area contributed by atoms with Crippen LogP contribution in [0.15, 0.2) is 65.6 Å². The van der Waals surface area contributed by atoms with E-state index >= 15 is 0 Å². The Balaban J connectivity index is 1.82. The van der Waals surface area contributed by atoms with Crippen LogP contribution in [-0.4, -0.2) is 24.8 Å². The largest absolute Gasteiger partial charge is 0.495 e. The molecule has 0 heterocycles. The Labute approximate surface area is 188 Å². The summed E-state index contributed by atoms with van der Waals surface area (Å²) in [5, 5.41) is 8.82. The summed E-state index contributed by atoms with van der Waals surface area (Å²) >= 11 is 1.51. The van der Waals surface area contributed by atoms with Crippen LogP contribution in [0.4, 0.5) is 13.2 Å². The molecule has 4 nitrogen and oxygen atoms in total. The Kier molecular flexibility index (Phi) is 7.35. The van der Waals surface area contributed by atoms with Crippen molar-refractivity contribution >= 4 is 17.7 Å². The SMILES string of the molecule is COc1cc(OCC(=O)O)c(C)cc1SCc1ccccc1-c1ccc(C(F)(F)F)cc1. The number of ether oxygens (including phenoxy) is 2. The Bertz CT molecular complexity index is 1100. The van der Waals surface area contributed by atoms with Crippen molar-refractivity contribution in [3.63, 3.8) is 0 Å². The van der Waals surface area contributed by atoms with Crippen molar-refractivity contribution in [1.82, 2.24) is 0 Å². The van der Waals surface area contributed by atoms with Gasteiger partial charge < -0.3 is 14.6 Å². The third kappa shape index (κ3) is 5.76. The molecule has 3 aromatic carbocycles. The predicted octanol–water partition coefficient (Wildman–Crippen LogP) is 6.45. The van der Waals surface area contributed by atoms with Gasteiger partial charge >= 0.3 is 12.1 Å². The standard InChI is InChI=1S/C24H21F3O4S/c1-15-11-22(21(30-2)12-20(15)31-13-23(28)29)32-14-17-5-3-4-6-19(17)16-7-9-18(10-8-16)24(25,26)27/h3-12H,13-14H2,1-2H3,(H,28,29). The Morgan fingerprint density at radius 2 is 1.72 bits per heavy atom. The van der Waals surface area contributed by atoms with Gasteiger partial charge in [-0.2, -0.15) is 13.2 Å². The summed E-state index contributed by atoms with van der Waals surface area (Å²) in [6.45, 7) is 1.37. The van der Waals surface area contributed by atoms with Gasteiger partial charge in [0.2, 0.25) is 0 Å². The third-order valence-corrected chi connectivity index (χ3v) is 5.82. The van der Waals surface area contributed by atoms with Crippen LogP contribution in [0.3, 0.4) is 0 Å². The Morgan fingerprint density at radius 1 is 1.03 bits per heavy atom. The predicted molar refractivity (Wildman–Crippen MR) is 117 cm³/mol. The van der Waals surface area contributed by atoms with Crippen molar-refractivity contribution in [1.29, 1.82) is 0 Å². The number of carboxylic acid groups (broad SMARTS) is 1. The van der Waals surface area contributed by atoms with E-state index in [9.17, 15) is 18.0 Å². The minimum Gasteiger partial charge on any atom is -0.495 e. The molecule has 3 aromatic rings. The maximum absolute atomic E-state index is 12.9. The van der Waals surface area contributed by atoms with Crippen LogP contribution in [0, 0.1) is 6.92 Å². The van der Waals surface area contributed by atoms with Gasteiger partial charge in [-0.3, -0.25) is 0 Å². The molecule has 0 amide bonds. The number of hydrogen-bond acceptors (Lipinski definition) is 4. The van der Waals surface area contributed by atoms with E-state index in [1.807, 2.05) is 37.3 Å². The highest BCUT2D eigenvalue weighted by Crippen LogP contribution is 2.39. The smallest absolute Gasteiger partial charge is 0.416 e. The number of aryl methyl sites for hydroxylation is 1. The second kappa shape index (κ2) is 9.99. The van der Waals surface area contributed by atoms with Crippen molar-refractivity contribution in [3.8, 4) is 22.6 Å². The van der Waals surface area contributed by atoms with E-state index in [4.69, 9.17) is 14.6 Å². The van der Waals surface area contributed by atoms with Crippen molar-refractivity contribution in [2.24, 2.45) is 0 Å². The van der Waals surface area contributed by atoms with Crippen LogP contribution >= 0.6 is 11.8 Å². The van der Waals surface area contributed by atoms with Gasteiger partial charge in [-0.05, 0) is 47.4 Å². The molecule has 168 valence electrons. The number of alkyl halides is 3. The first-order valence-corrected chi connectivity index (χ1v) is 10.6. The van der Waals surface area contributed by atoms with E-state index in [-0.39, 0.29) is 0 Å². The van der Waals surface area contributed by atoms with Crippen LogP contribution in [0.25, 0.3) is 11.1 Å². The molecule has 3 rings (SSSR count). The molecular formula is C24H21F3O4S. The summed E-state index contributed by atoms with van der Waals surface area (Å²) in [6.07, 6.45) is -4.37. The zero-order chi connectivity index (χ0) is 23.3. The lowest BCUT2D eigenvalue weighted by molar-refractivity contribution is -0.139. The first-order valence-electron chi connectivity index (χ1n) is 9.60. The fraction of sp³-hybridized carbons (Fsp3) is 0.208. The quantitative estimate of drug-likeness (QED) is 0.390. The molecule has 0 atom stereocenters. The van der Waals surface area contributed by atoms with Crippen molar-refractivity contribution in [2.45, 2.75) is 23.7 Å². The zero-order valence-corrected chi connectivity index (χ0v) is 18.2. The second-order valence-electron chi connectivity index (χ2n) is 6.97. The molecule has 0 fully saturated rings. The average molecular weight is 462 g/mol. The minimum atomic E-state index is -4.37. The number of carbonyl (C=O) groups is 1. The molecule has 32 heavy (non-hydrogen) atoms. The molecule has 0 unspecified atom stereocenters. The number of thioether (sulfide) groups is 1. The molecule has 1 N–H and O–H groups in total. The summed E-state index contributed by atoms with van der Waals surface area (Å²) in [6, 6.07) is 16.2. The van der Waals surface area contributed by atoms with Crippen molar-refractivity contribution in [2.75, 3.05) is 13.7 Å². The van der Waals surface area contributed by atoms with Gasteiger partial charge in [0.25, 0.3) is 0 Å². The lowest BCUT2D eigenvalue weighted by atomic mass is 9.99. The molecule has 0 spiro atoms. The lowest BCUT2D eigenvalue weighted by Gasteiger charge is -2.15. The van der Waals surface area contributed by atoms with E-state index in [1.165, 1.54) is 31.0 Å². The maximum atomic E-state index is 12.9. The summed E-state index contributed by atoms with van der Waals surface area (Å²) < 4.78 is 49.4. The molecule has 0 aliphatic carbocycles. The first kappa shape index (κ1) is 23.5. The van der Waals surface area contributed by atoms with E-state index in [0.717, 1.165) is 33.7 Å². The summed E-state index contributed by atoms with van der Waals surface area (Å²) in [4.78, 5) is 11.6. The second-order valence-corrected chi connectivity index (χ2v) is 7.99. The number of halogens is 3.